The predicted molar refractivity (Wildman–Crippen MR) is 113 cm³/mol. The van der Waals surface area contributed by atoms with Crippen molar-refractivity contribution in [3.8, 4) is 0 Å². The molecule has 0 radical (unpaired) electrons. The topological polar surface area (TPSA) is 32.3 Å². The molecule has 2 N–H and O–H groups in total. The smallest absolute Gasteiger partial charge is 0.126 e. The standard InChI is InChI=1S/C20H23Br2F2NOS/c21-18-11-17(19(22)27-18)20(6-2-1-3-7-20)25-12-16(26)5-4-13-8-14(23)10-15(24)9-13/h8-11,16,25-26H,1-7,12H2. The van der Waals surface area contributed by atoms with E-state index in [9.17, 15) is 13.9 Å². The number of aliphatic hydroxyl groups is 1. The number of hydrogen-bond acceptors (Lipinski definition) is 3. The molecule has 1 saturated carbocycles. The Labute approximate surface area is 179 Å². The van der Waals surface area contributed by atoms with E-state index in [0.717, 1.165) is 39.3 Å². The second-order valence-corrected chi connectivity index (χ2v) is 11.0. The van der Waals surface area contributed by atoms with E-state index in [-0.39, 0.29) is 5.54 Å². The lowest BCUT2D eigenvalue weighted by Crippen LogP contribution is -2.47. The van der Waals surface area contributed by atoms with Gasteiger partial charge in [0, 0.05) is 18.2 Å². The van der Waals surface area contributed by atoms with Gasteiger partial charge in [0.15, 0.2) is 0 Å². The summed E-state index contributed by atoms with van der Waals surface area (Å²) in [5.41, 5.74) is 1.69. The highest BCUT2D eigenvalue weighted by molar-refractivity contribution is 9.12. The molecule has 1 aromatic carbocycles. The molecule has 1 unspecified atom stereocenters. The zero-order valence-electron chi connectivity index (χ0n) is 14.9. The monoisotopic (exact) mass is 521 g/mol. The largest absolute Gasteiger partial charge is 0.392 e. The van der Waals surface area contributed by atoms with Crippen molar-refractivity contribution in [2.45, 2.75) is 56.6 Å². The average molecular weight is 523 g/mol. The van der Waals surface area contributed by atoms with Gasteiger partial charge in [-0.05, 0) is 86.9 Å². The van der Waals surface area contributed by atoms with Crippen molar-refractivity contribution in [3.63, 3.8) is 0 Å². The summed E-state index contributed by atoms with van der Waals surface area (Å²) in [7, 11) is 0. The summed E-state index contributed by atoms with van der Waals surface area (Å²) in [5.74, 6) is -1.15. The van der Waals surface area contributed by atoms with Gasteiger partial charge < -0.3 is 10.4 Å². The fourth-order valence-electron chi connectivity index (χ4n) is 3.87. The van der Waals surface area contributed by atoms with E-state index in [0.29, 0.717) is 24.9 Å². The lowest BCUT2D eigenvalue weighted by Gasteiger charge is -2.39. The number of hydrogen-bond donors (Lipinski definition) is 2. The van der Waals surface area contributed by atoms with Crippen molar-refractivity contribution in [2.24, 2.45) is 0 Å². The third kappa shape index (κ3) is 5.60. The van der Waals surface area contributed by atoms with Crippen LogP contribution in [0.15, 0.2) is 31.8 Å². The SMILES string of the molecule is OC(CCc1cc(F)cc(F)c1)CNC1(c2cc(Br)sc2Br)CCCCC1. The van der Waals surface area contributed by atoms with Gasteiger partial charge in [-0.25, -0.2) is 8.78 Å². The normalized spacial score (nSPS) is 17.8. The Hall–Kier alpha value is -0.340. The predicted octanol–water partition coefficient (Wildman–Crippen LogP) is 6.29. The maximum Gasteiger partial charge on any atom is 0.126 e. The van der Waals surface area contributed by atoms with Crippen molar-refractivity contribution >= 4 is 43.2 Å². The minimum Gasteiger partial charge on any atom is -0.392 e. The Balaban J connectivity index is 1.62. The molecule has 3 rings (SSSR count). The van der Waals surface area contributed by atoms with Crippen molar-refractivity contribution in [1.82, 2.24) is 5.32 Å². The third-order valence-electron chi connectivity index (χ3n) is 5.24. The minimum atomic E-state index is -0.577. The molecule has 1 aliphatic rings. The van der Waals surface area contributed by atoms with E-state index in [4.69, 9.17) is 0 Å². The lowest BCUT2D eigenvalue weighted by molar-refractivity contribution is 0.131. The molecule has 0 aliphatic heterocycles. The van der Waals surface area contributed by atoms with Gasteiger partial charge in [-0.2, -0.15) is 0 Å². The van der Waals surface area contributed by atoms with Crippen LogP contribution in [0.4, 0.5) is 8.78 Å². The summed E-state index contributed by atoms with van der Waals surface area (Å²) in [6.45, 7) is 0.456. The zero-order chi connectivity index (χ0) is 19.4. The first kappa shape index (κ1) is 21.4. The van der Waals surface area contributed by atoms with Crippen LogP contribution in [0.5, 0.6) is 0 Å². The highest BCUT2D eigenvalue weighted by Gasteiger charge is 2.36. The van der Waals surface area contributed by atoms with Crippen LogP contribution < -0.4 is 5.32 Å². The molecule has 0 amide bonds. The quantitative estimate of drug-likeness (QED) is 0.447. The van der Waals surface area contributed by atoms with E-state index < -0.39 is 17.7 Å². The molecule has 148 valence electrons. The maximum absolute atomic E-state index is 13.3. The molecule has 0 bridgehead atoms. The van der Waals surface area contributed by atoms with Gasteiger partial charge in [-0.1, -0.05) is 19.3 Å². The second kappa shape index (κ2) is 9.44. The van der Waals surface area contributed by atoms with E-state index in [1.165, 1.54) is 24.1 Å². The van der Waals surface area contributed by atoms with Gasteiger partial charge in [-0.3, -0.25) is 0 Å². The van der Waals surface area contributed by atoms with Crippen LogP contribution in [-0.2, 0) is 12.0 Å². The molecule has 0 spiro atoms. The first-order valence-electron chi connectivity index (χ1n) is 9.21. The third-order valence-corrected chi connectivity index (χ3v) is 7.58. The Kier molecular flexibility index (Phi) is 7.47. The number of benzene rings is 1. The molecular formula is C20H23Br2F2NOS. The van der Waals surface area contributed by atoms with Gasteiger partial charge >= 0.3 is 0 Å². The van der Waals surface area contributed by atoms with Crippen LogP contribution in [0.3, 0.4) is 0 Å². The summed E-state index contributed by atoms with van der Waals surface area (Å²) < 4.78 is 28.8. The van der Waals surface area contributed by atoms with Gasteiger partial charge in [0.2, 0.25) is 0 Å². The Bertz CT molecular complexity index is 757. The highest BCUT2D eigenvalue weighted by Crippen LogP contribution is 2.44. The minimum absolute atomic E-state index is 0.133. The van der Waals surface area contributed by atoms with Crippen LogP contribution in [0.25, 0.3) is 0 Å². The number of aliphatic hydroxyl groups excluding tert-OH is 1. The number of halogens is 4. The summed E-state index contributed by atoms with van der Waals surface area (Å²) in [4.78, 5) is 0. The molecule has 1 fully saturated rings. The van der Waals surface area contributed by atoms with Crippen molar-refractivity contribution in [1.29, 1.82) is 0 Å². The summed E-state index contributed by atoms with van der Waals surface area (Å²) >= 11 is 8.92. The molecule has 7 heteroatoms. The number of thiophene rings is 1. The fraction of sp³-hybridized carbons (Fsp3) is 0.500. The molecule has 1 atom stereocenters. The van der Waals surface area contributed by atoms with Gasteiger partial charge in [0.05, 0.1) is 13.7 Å². The molecule has 1 aromatic heterocycles. The molecule has 2 aromatic rings. The molecular weight excluding hydrogens is 500 g/mol. The maximum atomic E-state index is 13.3. The van der Waals surface area contributed by atoms with Gasteiger partial charge in [0.25, 0.3) is 0 Å². The van der Waals surface area contributed by atoms with Crippen LogP contribution >= 0.6 is 43.2 Å². The first-order valence-corrected chi connectivity index (χ1v) is 11.6. The van der Waals surface area contributed by atoms with Gasteiger partial charge in [-0.15, -0.1) is 11.3 Å². The summed E-state index contributed by atoms with van der Waals surface area (Å²) in [6, 6.07) is 5.68. The van der Waals surface area contributed by atoms with E-state index >= 15 is 0 Å². The zero-order valence-corrected chi connectivity index (χ0v) is 18.9. The average Bonchev–Trinajstić information content (AvgIpc) is 2.97. The molecule has 1 heterocycles. The molecule has 2 nitrogen and oxygen atoms in total. The van der Waals surface area contributed by atoms with E-state index in [1.54, 1.807) is 11.3 Å². The van der Waals surface area contributed by atoms with Crippen LogP contribution in [0.1, 0.15) is 49.7 Å². The van der Waals surface area contributed by atoms with Crippen LogP contribution in [0.2, 0.25) is 0 Å². The Morgan fingerprint density at radius 1 is 1.07 bits per heavy atom. The number of rotatable bonds is 7. The summed E-state index contributed by atoms with van der Waals surface area (Å²) in [5, 5.41) is 14.1. The van der Waals surface area contributed by atoms with Crippen molar-refractivity contribution < 1.29 is 13.9 Å². The first-order chi connectivity index (χ1) is 12.9. The lowest BCUT2D eigenvalue weighted by atomic mass is 9.77. The highest BCUT2D eigenvalue weighted by atomic mass is 79.9. The molecule has 0 saturated heterocycles. The summed E-state index contributed by atoms with van der Waals surface area (Å²) in [6.07, 6.45) is 5.96. The van der Waals surface area contributed by atoms with Crippen LogP contribution in [0, 0.1) is 11.6 Å². The van der Waals surface area contributed by atoms with Crippen molar-refractivity contribution in [2.75, 3.05) is 6.54 Å². The number of nitrogens with one attached hydrogen (secondary N) is 1. The van der Waals surface area contributed by atoms with Crippen LogP contribution in [-0.4, -0.2) is 17.8 Å². The van der Waals surface area contributed by atoms with E-state index in [2.05, 4.69) is 43.2 Å². The van der Waals surface area contributed by atoms with Gasteiger partial charge in [0.1, 0.15) is 11.6 Å². The number of aryl methyl sites for hydroxylation is 1. The Morgan fingerprint density at radius 3 is 2.33 bits per heavy atom. The van der Waals surface area contributed by atoms with Crippen molar-refractivity contribution in [3.05, 3.63) is 54.6 Å². The molecule has 27 heavy (non-hydrogen) atoms. The molecule has 1 aliphatic carbocycles. The second-order valence-electron chi connectivity index (χ2n) is 7.23. The van der Waals surface area contributed by atoms with E-state index in [1.807, 2.05) is 0 Å². The fourth-order valence-corrected chi connectivity index (χ4v) is 6.96. The Morgan fingerprint density at radius 2 is 1.74 bits per heavy atom.